The maximum Gasteiger partial charge on any atom is 0.322 e. The maximum atomic E-state index is 13.2. The van der Waals surface area contributed by atoms with E-state index >= 15 is 0 Å². The van der Waals surface area contributed by atoms with Crippen LogP contribution in [0.4, 0.5) is 0 Å². The Bertz CT molecular complexity index is 740. The third kappa shape index (κ3) is 3.73. The Morgan fingerprint density at radius 2 is 1.52 bits per heavy atom. The standard InChI is InChI=1S/C18H28N2O4S/c1-12-11-13(2)15(4)17(14(12)3)25(22,23)20-9-7-19(8-10-20)16(5)18(21)24-6/h11,16H,7-10H2,1-6H3. The first-order chi connectivity index (χ1) is 11.6. The van der Waals surface area contributed by atoms with Crippen molar-refractivity contribution in [1.82, 2.24) is 9.21 Å². The second-order valence-corrected chi connectivity index (χ2v) is 8.60. The third-order valence-electron chi connectivity index (χ3n) is 5.26. The highest BCUT2D eigenvalue weighted by atomic mass is 32.2. The van der Waals surface area contributed by atoms with Gasteiger partial charge in [-0.3, -0.25) is 9.69 Å². The van der Waals surface area contributed by atoms with E-state index in [1.54, 1.807) is 6.92 Å². The van der Waals surface area contributed by atoms with Gasteiger partial charge in [-0.25, -0.2) is 8.42 Å². The largest absolute Gasteiger partial charge is 0.468 e. The van der Waals surface area contributed by atoms with E-state index in [0.29, 0.717) is 31.1 Å². The fourth-order valence-corrected chi connectivity index (χ4v) is 5.35. The van der Waals surface area contributed by atoms with Crippen LogP contribution in [0.1, 0.15) is 29.2 Å². The average Bonchev–Trinajstić information content (AvgIpc) is 2.58. The molecule has 0 amide bonds. The molecule has 1 aliphatic heterocycles. The number of aryl methyl sites for hydroxylation is 2. The number of sulfonamides is 1. The Morgan fingerprint density at radius 3 is 1.96 bits per heavy atom. The van der Waals surface area contributed by atoms with Crippen LogP contribution in [0.15, 0.2) is 11.0 Å². The molecule has 140 valence electrons. The van der Waals surface area contributed by atoms with E-state index in [-0.39, 0.29) is 12.0 Å². The summed E-state index contributed by atoms with van der Waals surface area (Å²) in [6, 6.07) is 1.67. The van der Waals surface area contributed by atoms with Gasteiger partial charge in [-0.15, -0.1) is 0 Å². The lowest BCUT2D eigenvalue weighted by molar-refractivity contribution is -0.146. The van der Waals surface area contributed by atoms with Crippen molar-refractivity contribution in [3.8, 4) is 0 Å². The molecule has 1 aromatic rings. The fraction of sp³-hybridized carbons (Fsp3) is 0.611. The van der Waals surface area contributed by atoms with E-state index in [9.17, 15) is 13.2 Å². The predicted molar refractivity (Wildman–Crippen MR) is 97.2 cm³/mol. The summed E-state index contributed by atoms with van der Waals surface area (Å²) in [5.74, 6) is -0.294. The van der Waals surface area contributed by atoms with Crippen LogP contribution < -0.4 is 0 Å². The SMILES string of the molecule is COC(=O)C(C)N1CCN(S(=O)(=O)c2c(C)c(C)cc(C)c2C)CC1. The lowest BCUT2D eigenvalue weighted by atomic mass is 10.0. The van der Waals surface area contributed by atoms with Crippen molar-refractivity contribution in [1.29, 1.82) is 0 Å². The minimum absolute atomic E-state index is 0.294. The topological polar surface area (TPSA) is 66.9 Å². The quantitative estimate of drug-likeness (QED) is 0.758. The zero-order valence-electron chi connectivity index (χ0n) is 15.9. The molecular formula is C18H28N2O4S. The van der Waals surface area contributed by atoms with Crippen molar-refractivity contribution in [3.05, 3.63) is 28.3 Å². The molecule has 25 heavy (non-hydrogen) atoms. The molecule has 1 aromatic carbocycles. The van der Waals surface area contributed by atoms with Crippen LogP contribution in [-0.4, -0.2) is 62.9 Å². The molecule has 1 atom stereocenters. The highest BCUT2D eigenvalue weighted by Gasteiger charge is 2.34. The number of nitrogens with zero attached hydrogens (tertiary/aromatic N) is 2. The second-order valence-electron chi connectivity index (χ2n) is 6.73. The van der Waals surface area contributed by atoms with Gasteiger partial charge in [0.05, 0.1) is 12.0 Å². The molecule has 0 bridgehead atoms. The van der Waals surface area contributed by atoms with Crippen molar-refractivity contribution >= 4 is 16.0 Å². The van der Waals surface area contributed by atoms with E-state index < -0.39 is 10.0 Å². The Morgan fingerprint density at radius 1 is 1.04 bits per heavy atom. The molecule has 0 spiro atoms. The predicted octanol–water partition coefficient (Wildman–Crippen LogP) is 1.79. The summed E-state index contributed by atoms with van der Waals surface area (Å²) in [6.07, 6.45) is 0. The van der Waals surface area contributed by atoms with Crippen LogP contribution in [0.2, 0.25) is 0 Å². The van der Waals surface area contributed by atoms with Crippen LogP contribution >= 0.6 is 0 Å². The zero-order chi connectivity index (χ0) is 18.9. The normalized spacial score (nSPS) is 18.2. The van der Waals surface area contributed by atoms with Gasteiger partial charge in [-0.1, -0.05) is 6.07 Å². The highest BCUT2D eigenvalue weighted by Crippen LogP contribution is 2.29. The molecule has 0 aliphatic carbocycles. The minimum Gasteiger partial charge on any atom is -0.468 e. The maximum absolute atomic E-state index is 13.2. The van der Waals surface area contributed by atoms with Gasteiger partial charge in [0.15, 0.2) is 0 Å². The first-order valence-corrected chi connectivity index (χ1v) is 9.94. The number of ether oxygens (including phenoxy) is 1. The van der Waals surface area contributed by atoms with E-state index in [1.165, 1.54) is 11.4 Å². The zero-order valence-corrected chi connectivity index (χ0v) is 16.7. The number of hydrogen-bond donors (Lipinski definition) is 0. The number of carbonyl (C=O) groups is 1. The summed E-state index contributed by atoms with van der Waals surface area (Å²) in [7, 11) is -2.19. The molecule has 1 unspecified atom stereocenters. The summed E-state index contributed by atoms with van der Waals surface area (Å²) < 4.78 is 32.7. The number of hydrogen-bond acceptors (Lipinski definition) is 5. The van der Waals surface area contributed by atoms with Crippen molar-refractivity contribution in [2.75, 3.05) is 33.3 Å². The Hall–Kier alpha value is -1.44. The monoisotopic (exact) mass is 368 g/mol. The Kier molecular flexibility index (Phi) is 5.91. The minimum atomic E-state index is -3.55. The fourth-order valence-electron chi connectivity index (χ4n) is 3.35. The number of esters is 1. The number of methoxy groups -OCH3 is 1. The van der Waals surface area contributed by atoms with Crippen molar-refractivity contribution in [3.63, 3.8) is 0 Å². The summed E-state index contributed by atoms with van der Waals surface area (Å²) >= 11 is 0. The molecule has 0 radical (unpaired) electrons. The first kappa shape index (κ1) is 19.9. The number of carbonyl (C=O) groups excluding carboxylic acids is 1. The lowest BCUT2D eigenvalue weighted by Gasteiger charge is -2.36. The molecule has 7 heteroatoms. The van der Waals surface area contributed by atoms with E-state index in [0.717, 1.165) is 22.3 Å². The molecule has 0 aromatic heterocycles. The molecule has 0 N–H and O–H groups in total. The van der Waals surface area contributed by atoms with Crippen LogP contribution in [0.25, 0.3) is 0 Å². The molecule has 1 fully saturated rings. The first-order valence-electron chi connectivity index (χ1n) is 8.50. The van der Waals surface area contributed by atoms with E-state index in [1.807, 2.05) is 38.7 Å². The summed E-state index contributed by atoms with van der Waals surface area (Å²) in [4.78, 5) is 14.1. The summed E-state index contributed by atoms with van der Waals surface area (Å²) in [5, 5.41) is 0. The summed E-state index contributed by atoms with van der Waals surface area (Å²) in [6.45, 7) is 11.2. The molecule has 1 saturated heterocycles. The number of piperazine rings is 1. The molecule has 6 nitrogen and oxygen atoms in total. The van der Waals surface area contributed by atoms with Crippen LogP contribution in [-0.2, 0) is 19.6 Å². The molecule has 1 heterocycles. The van der Waals surface area contributed by atoms with Crippen molar-refractivity contribution in [2.45, 2.75) is 45.6 Å². The van der Waals surface area contributed by atoms with E-state index in [2.05, 4.69) is 0 Å². The van der Waals surface area contributed by atoms with Gasteiger partial charge in [0.1, 0.15) is 6.04 Å². The van der Waals surface area contributed by atoms with Gasteiger partial charge >= 0.3 is 5.97 Å². The molecule has 2 rings (SSSR count). The number of rotatable bonds is 4. The highest BCUT2D eigenvalue weighted by molar-refractivity contribution is 7.89. The Balaban J connectivity index is 2.25. The number of benzene rings is 1. The van der Waals surface area contributed by atoms with Gasteiger partial charge in [-0.2, -0.15) is 4.31 Å². The van der Waals surface area contributed by atoms with Gasteiger partial charge in [0.2, 0.25) is 10.0 Å². The van der Waals surface area contributed by atoms with E-state index in [4.69, 9.17) is 4.74 Å². The summed E-state index contributed by atoms with van der Waals surface area (Å²) in [5.41, 5.74) is 3.60. The van der Waals surface area contributed by atoms with Crippen LogP contribution in [0, 0.1) is 27.7 Å². The molecule has 0 saturated carbocycles. The Labute approximate surface area is 150 Å². The van der Waals surface area contributed by atoms with Crippen LogP contribution in [0.3, 0.4) is 0 Å². The van der Waals surface area contributed by atoms with Crippen molar-refractivity contribution in [2.24, 2.45) is 0 Å². The van der Waals surface area contributed by atoms with Gasteiger partial charge in [0.25, 0.3) is 0 Å². The average molecular weight is 368 g/mol. The lowest BCUT2D eigenvalue weighted by Crippen LogP contribution is -2.53. The third-order valence-corrected chi connectivity index (χ3v) is 7.43. The van der Waals surface area contributed by atoms with Crippen molar-refractivity contribution < 1.29 is 17.9 Å². The molecular weight excluding hydrogens is 340 g/mol. The van der Waals surface area contributed by atoms with Gasteiger partial charge in [-0.05, 0) is 56.9 Å². The second kappa shape index (κ2) is 7.43. The van der Waals surface area contributed by atoms with Crippen LogP contribution in [0.5, 0.6) is 0 Å². The molecule has 1 aliphatic rings. The van der Waals surface area contributed by atoms with Gasteiger partial charge in [0, 0.05) is 26.2 Å². The smallest absolute Gasteiger partial charge is 0.322 e. The van der Waals surface area contributed by atoms with Gasteiger partial charge < -0.3 is 4.74 Å².